The number of aliphatic hydroxyl groups excluding tert-OH is 2. The number of rotatable bonds is 9. The number of halogens is 1. The third-order valence-electron chi connectivity index (χ3n) is 5.86. The van der Waals surface area contributed by atoms with Crippen LogP contribution in [0.1, 0.15) is 33.1 Å². The van der Waals surface area contributed by atoms with Gasteiger partial charge in [0.15, 0.2) is 0 Å². The Kier molecular flexibility index (Phi) is 10.1. The van der Waals surface area contributed by atoms with Crippen molar-refractivity contribution in [2.24, 2.45) is 5.92 Å². The Morgan fingerprint density at radius 2 is 2.03 bits per heavy atom. The van der Waals surface area contributed by atoms with Crippen LogP contribution in [0.25, 0.3) is 0 Å². The van der Waals surface area contributed by atoms with Gasteiger partial charge in [0.1, 0.15) is 29.9 Å². The number of ether oxygens (including phenoxy) is 1. The molecule has 1 amide bonds. The lowest BCUT2D eigenvalue weighted by atomic mass is 9.92. The summed E-state index contributed by atoms with van der Waals surface area (Å²) in [5.74, 6) is 0.167. The lowest BCUT2D eigenvalue weighted by Gasteiger charge is -2.45. The highest BCUT2D eigenvalue weighted by Crippen LogP contribution is 2.43. The van der Waals surface area contributed by atoms with Crippen molar-refractivity contribution in [2.75, 3.05) is 19.8 Å². The molecular formula is C18H34ClN2O8PS. The van der Waals surface area contributed by atoms with E-state index < -0.39 is 49.1 Å². The fourth-order valence-electron chi connectivity index (χ4n) is 4.38. The van der Waals surface area contributed by atoms with Gasteiger partial charge in [-0.05, 0) is 39.0 Å². The highest BCUT2D eigenvalue weighted by Gasteiger charge is 2.51. The number of nitrogens with one attached hydrogen (secondary N) is 1. The summed E-state index contributed by atoms with van der Waals surface area (Å²) in [6.07, 6.45) is -1.47. The molecule has 2 fully saturated rings. The molecule has 0 bridgehead atoms. The minimum atomic E-state index is -5.00. The van der Waals surface area contributed by atoms with Gasteiger partial charge in [0.05, 0.1) is 17.5 Å². The molecule has 0 spiro atoms. The molecule has 0 aliphatic carbocycles. The van der Waals surface area contributed by atoms with Gasteiger partial charge in [0, 0.05) is 6.54 Å². The van der Waals surface area contributed by atoms with Crippen molar-refractivity contribution in [3.63, 3.8) is 0 Å². The number of nitrogens with zero attached hydrogens (tertiary/aromatic N) is 1. The fraction of sp³-hybridized carbons (Fsp3) is 0.944. The maximum absolute atomic E-state index is 13.0. The highest BCUT2D eigenvalue weighted by molar-refractivity contribution is 7.99. The monoisotopic (exact) mass is 504 g/mol. The van der Waals surface area contributed by atoms with Gasteiger partial charge < -0.3 is 30.1 Å². The molecule has 9 atom stereocenters. The van der Waals surface area contributed by atoms with Crippen LogP contribution >= 0.6 is 31.2 Å². The lowest BCUT2D eigenvalue weighted by Crippen LogP contribution is -2.65. The summed E-state index contributed by atoms with van der Waals surface area (Å²) in [7, 11) is -3.12. The second kappa shape index (κ2) is 11.5. The molecule has 0 unspecified atom stereocenters. The number of hydrogen-bond donors (Lipinski definition) is 5. The molecule has 2 aliphatic heterocycles. The first-order valence-corrected chi connectivity index (χ1v) is 13.6. The molecule has 0 radical (unpaired) electrons. The van der Waals surface area contributed by atoms with Crippen LogP contribution in [-0.4, -0.2) is 98.0 Å². The number of likely N-dealkylation sites (tertiary alicyclic amines) is 1. The van der Waals surface area contributed by atoms with Crippen LogP contribution in [-0.2, 0) is 18.6 Å². The van der Waals surface area contributed by atoms with E-state index in [9.17, 15) is 29.4 Å². The first-order valence-electron chi connectivity index (χ1n) is 10.3. The number of phosphoric acid groups is 1. The molecule has 5 N–H and O–H groups in total. The molecule has 2 rings (SSSR count). The van der Waals surface area contributed by atoms with Gasteiger partial charge in [-0.15, -0.1) is 23.4 Å². The first-order chi connectivity index (χ1) is 14.4. The average molecular weight is 505 g/mol. The van der Waals surface area contributed by atoms with Crippen molar-refractivity contribution >= 4 is 37.1 Å². The summed E-state index contributed by atoms with van der Waals surface area (Å²) < 4.78 is 21.8. The van der Waals surface area contributed by atoms with Crippen molar-refractivity contribution in [3.05, 3.63) is 0 Å². The van der Waals surface area contributed by atoms with Crippen molar-refractivity contribution in [2.45, 2.75) is 80.4 Å². The van der Waals surface area contributed by atoms with E-state index in [2.05, 4.69) is 16.8 Å². The zero-order valence-corrected chi connectivity index (χ0v) is 20.6. The van der Waals surface area contributed by atoms with Crippen LogP contribution in [0.4, 0.5) is 0 Å². The standard InChI is InChI=1S/C18H34ClN2O8PS/c1-5-6-10-7-11(21(3)8-10)17(24)20-12(9(2)19)15-13(22)16(29-30(25,26)27)14(23)18(28-15)31-4/h9-16,18,22-23H,5-8H2,1-4H3,(H,20,24)(H2,25,26,27)/t9-,10+,11+,12+,13-,14+,15-,16-,18+/m0/s1. The van der Waals surface area contributed by atoms with Crippen molar-refractivity contribution in [1.82, 2.24) is 10.2 Å². The SMILES string of the molecule is CCC[C@@H]1C[C@H](C(=O)N[C@@H]([C@@H]2O[C@H](SC)[C@H](O)[C@@H](OP(=O)(O)O)[C@H]2O)[C@H](C)Cl)N(C)C1. The molecule has 10 nitrogen and oxygen atoms in total. The molecule has 182 valence electrons. The van der Waals surface area contributed by atoms with Crippen molar-refractivity contribution in [3.8, 4) is 0 Å². The summed E-state index contributed by atoms with van der Waals surface area (Å²) >= 11 is 7.42. The minimum absolute atomic E-state index is 0.256. The van der Waals surface area contributed by atoms with Gasteiger partial charge in [-0.1, -0.05) is 13.3 Å². The van der Waals surface area contributed by atoms with Crippen LogP contribution < -0.4 is 5.32 Å². The van der Waals surface area contributed by atoms with Crippen LogP contribution in [0.2, 0.25) is 0 Å². The van der Waals surface area contributed by atoms with Gasteiger partial charge in [0.25, 0.3) is 0 Å². The van der Waals surface area contributed by atoms with Crippen LogP contribution in [0, 0.1) is 5.92 Å². The summed E-state index contributed by atoms with van der Waals surface area (Å²) in [4.78, 5) is 33.4. The number of hydrogen-bond acceptors (Lipinski definition) is 8. The van der Waals surface area contributed by atoms with E-state index >= 15 is 0 Å². The topological polar surface area (TPSA) is 149 Å². The second-order valence-corrected chi connectivity index (χ2v) is 11.1. The third-order valence-corrected chi connectivity index (χ3v) is 7.51. The first kappa shape index (κ1) is 27.3. The predicted molar refractivity (Wildman–Crippen MR) is 118 cm³/mol. The van der Waals surface area contributed by atoms with E-state index in [1.54, 1.807) is 13.2 Å². The average Bonchev–Trinajstić information content (AvgIpc) is 3.03. The van der Waals surface area contributed by atoms with E-state index in [1.807, 2.05) is 11.9 Å². The van der Waals surface area contributed by atoms with Crippen LogP contribution in [0.5, 0.6) is 0 Å². The number of thioether (sulfide) groups is 1. The van der Waals surface area contributed by atoms with E-state index in [0.717, 1.165) is 31.1 Å². The maximum Gasteiger partial charge on any atom is 0.470 e. The van der Waals surface area contributed by atoms with Crippen molar-refractivity contribution in [1.29, 1.82) is 0 Å². The van der Waals surface area contributed by atoms with Gasteiger partial charge in [-0.2, -0.15) is 0 Å². The van der Waals surface area contributed by atoms with Crippen molar-refractivity contribution < 1.29 is 38.6 Å². The number of aliphatic hydroxyl groups is 2. The summed E-state index contributed by atoms with van der Waals surface area (Å²) in [6.45, 7) is 4.54. The number of likely N-dealkylation sites (N-methyl/N-ethyl adjacent to an activating group) is 1. The van der Waals surface area contributed by atoms with Gasteiger partial charge in [-0.25, -0.2) is 4.57 Å². The van der Waals surface area contributed by atoms with E-state index in [1.165, 1.54) is 0 Å². The minimum Gasteiger partial charge on any atom is -0.387 e. The largest absolute Gasteiger partial charge is 0.470 e. The molecular weight excluding hydrogens is 471 g/mol. The number of phosphoric ester groups is 1. The number of carbonyl (C=O) groups is 1. The molecule has 31 heavy (non-hydrogen) atoms. The third kappa shape index (κ3) is 7.02. The number of alkyl halides is 1. The predicted octanol–water partition coefficient (Wildman–Crippen LogP) is 0.506. The smallest absolute Gasteiger partial charge is 0.387 e. The van der Waals surface area contributed by atoms with E-state index in [0.29, 0.717) is 12.3 Å². The van der Waals surface area contributed by atoms with Gasteiger partial charge >= 0.3 is 7.82 Å². The summed E-state index contributed by atoms with van der Waals surface area (Å²) in [5, 5.41) is 23.3. The molecule has 2 saturated heterocycles. The Balaban J connectivity index is 2.20. The molecule has 2 aliphatic rings. The molecule has 0 aromatic heterocycles. The van der Waals surface area contributed by atoms with E-state index in [-0.39, 0.29) is 11.9 Å². The Bertz CT molecular complexity index is 656. The molecule has 2 heterocycles. The Hall–Kier alpha value is 0.0600. The van der Waals surface area contributed by atoms with Gasteiger partial charge in [0.2, 0.25) is 5.91 Å². The normalized spacial score (nSPS) is 36.9. The highest BCUT2D eigenvalue weighted by atomic mass is 35.5. The quantitative estimate of drug-likeness (QED) is 0.222. The Labute approximate surface area is 192 Å². The molecule has 0 aromatic carbocycles. The zero-order valence-electron chi connectivity index (χ0n) is 18.1. The van der Waals surface area contributed by atoms with Crippen LogP contribution in [0.3, 0.4) is 0 Å². The Morgan fingerprint density at radius 3 is 2.55 bits per heavy atom. The molecule has 0 saturated carbocycles. The number of amides is 1. The molecule has 13 heteroatoms. The van der Waals surface area contributed by atoms with E-state index in [4.69, 9.17) is 16.3 Å². The summed E-state index contributed by atoms with van der Waals surface area (Å²) in [5.41, 5.74) is -0.942. The second-order valence-electron chi connectivity index (χ2n) is 8.30. The lowest BCUT2D eigenvalue weighted by molar-refractivity contribution is -0.201. The zero-order chi connectivity index (χ0) is 23.5. The maximum atomic E-state index is 13.0. The summed E-state index contributed by atoms with van der Waals surface area (Å²) in [6, 6.07) is -1.23. The van der Waals surface area contributed by atoms with Gasteiger partial charge in [-0.3, -0.25) is 14.2 Å². The number of carbonyl (C=O) groups excluding carboxylic acids is 1. The molecule has 0 aromatic rings. The van der Waals surface area contributed by atoms with Crippen LogP contribution in [0.15, 0.2) is 0 Å². The Morgan fingerprint density at radius 1 is 1.39 bits per heavy atom. The fourth-order valence-corrected chi connectivity index (χ4v) is 5.83.